The SMILES string of the molecule is CC(=O)N([C@@H](Cc1ccccc1)C(O)C(=O)O)N1C(=O)C(C(C)C)N(C(=O)COc2ccccc2)C=C1c1ccccc1. The lowest BCUT2D eigenvalue weighted by Crippen LogP contribution is -2.64. The summed E-state index contributed by atoms with van der Waals surface area (Å²) in [5.74, 6) is -3.23. The Morgan fingerprint density at radius 2 is 1.47 bits per heavy atom. The van der Waals surface area contributed by atoms with Gasteiger partial charge < -0.3 is 19.8 Å². The average Bonchev–Trinajstić information content (AvgIpc) is 3.00. The third-order valence-electron chi connectivity index (χ3n) is 7.10. The Kier molecular flexibility index (Phi) is 9.95. The number of ether oxygens (including phenoxy) is 1. The van der Waals surface area contributed by atoms with Crippen LogP contribution >= 0.6 is 0 Å². The lowest BCUT2D eigenvalue weighted by Gasteiger charge is -2.47. The summed E-state index contributed by atoms with van der Waals surface area (Å²) in [5, 5.41) is 22.9. The van der Waals surface area contributed by atoms with Crippen molar-refractivity contribution in [3.05, 3.63) is 108 Å². The van der Waals surface area contributed by atoms with Crippen LogP contribution in [0.3, 0.4) is 0 Å². The number of carbonyl (C=O) groups is 4. The first-order valence-corrected chi connectivity index (χ1v) is 13.9. The highest BCUT2D eigenvalue weighted by Crippen LogP contribution is 2.33. The van der Waals surface area contributed by atoms with E-state index in [9.17, 15) is 29.4 Å². The Balaban J connectivity index is 1.84. The summed E-state index contributed by atoms with van der Waals surface area (Å²) < 4.78 is 5.69. The summed E-state index contributed by atoms with van der Waals surface area (Å²) in [7, 11) is 0. The van der Waals surface area contributed by atoms with Gasteiger partial charge in [-0.2, -0.15) is 0 Å². The van der Waals surface area contributed by atoms with Crippen molar-refractivity contribution in [2.24, 2.45) is 5.92 Å². The molecule has 0 radical (unpaired) electrons. The molecule has 0 saturated carbocycles. The van der Waals surface area contributed by atoms with E-state index in [2.05, 4.69) is 0 Å². The Hall–Kier alpha value is -4.96. The van der Waals surface area contributed by atoms with Gasteiger partial charge in [-0.05, 0) is 30.0 Å². The molecule has 0 saturated heterocycles. The standard InChI is InChI=1S/C33H35N3O7/c1-22(2)30-32(40)36(35(23(3)37)27(31(39)33(41)42)19-24-13-7-4-8-14-24)28(25-15-9-5-10-16-25)20-34(30)29(38)21-43-26-17-11-6-12-18-26/h4-18,20,22,27,30-31,39H,19,21H2,1-3H3,(H,41,42)/t27-,30?,31?/m0/s1. The Labute approximate surface area is 250 Å². The molecule has 2 unspecified atom stereocenters. The minimum absolute atomic E-state index is 0.0559. The van der Waals surface area contributed by atoms with Crippen molar-refractivity contribution < 1.29 is 34.1 Å². The van der Waals surface area contributed by atoms with Crippen LogP contribution in [0.5, 0.6) is 5.75 Å². The van der Waals surface area contributed by atoms with Gasteiger partial charge in [0.15, 0.2) is 12.7 Å². The van der Waals surface area contributed by atoms with Gasteiger partial charge in [-0.3, -0.25) is 14.4 Å². The zero-order valence-corrected chi connectivity index (χ0v) is 24.2. The lowest BCUT2D eigenvalue weighted by molar-refractivity contribution is -0.175. The fourth-order valence-electron chi connectivity index (χ4n) is 5.10. The number of hydrazine groups is 1. The van der Waals surface area contributed by atoms with Crippen LogP contribution in [0.4, 0.5) is 0 Å². The first-order chi connectivity index (χ1) is 20.6. The second kappa shape index (κ2) is 13.8. The molecule has 10 heteroatoms. The van der Waals surface area contributed by atoms with E-state index in [1.165, 1.54) is 18.0 Å². The van der Waals surface area contributed by atoms with E-state index in [0.29, 0.717) is 16.9 Å². The molecule has 10 nitrogen and oxygen atoms in total. The van der Waals surface area contributed by atoms with Gasteiger partial charge in [-0.1, -0.05) is 92.7 Å². The number of carboxylic acid groups (broad SMARTS) is 1. The third-order valence-corrected chi connectivity index (χ3v) is 7.10. The van der Waals surface area contributed by atoms with Gasteiger partial charge in [0.1, 0.15) is 11.8 Å². The third kappa shape index (κ3) is 7.10. The number of carboxylic acids is 1. The second-order valence-corrected chi connectivity index (χ2v) is 10.5. The van der Waals surface area contributed by atoms with Crippen molar-refractivity contribution in [2.45, 2.75) is 45.4 Å². The highest BCUT2D eigenvalue weighted by Gasteiger charge is 2.47. The van der Waals surface area contributed by atoms with E-state index < -0.39 is 47.8 Å². The maximum Gasteiger partial charge on any atom is 0.334 e. The molecule has 4 rings (SSSR count). The van der Waals surface area contributed by atoms with Gasteiger partial charge >= 0.3 is 5.97 Å². The second-order valence-electron chi connectivity index (χ2n) is 10.5. The van der Waals surface area contributed by atoms with Crippen LogP contribution in [-0.4, -0.2) is 73.6 Å². The van der Waals surface area contributed by atoms with Gasteiger partial charge in [0, 0.05) is 18.7 Å². The summed E-state index contributed by atoms with van der Waals surface area (Å²) in [6.45, 7) is 4.40. The maximum absolute atomic E-state index is 14.5. The minimum Gasteiger partial charge on any atom is -0.484 e. The monoisotopic (exact) mass is 585 g/mol. The van der Waals surface area contributed by atoms with Crippen molar-refractivity contribution in [1.82, 2.24) is 14.9 Å². The minimum atomic E-state index is -2.02. The predicted octanol–water partition coefficient (Wildman–Crippen LogP) is 3.58. The fourth-order valence-corrected chi connectivity index (χ4v) is 5.10. The summed E-state index contributed by atoms with van der Waals surface area (Å²) in [6, 6.07) is 23.9. The van der Waals surface area contributed by atoms with Crippen molar-refractivity contribution in [3.63, 3.8) is 0 Å². The molecule has 1 aliphatic heterocycles. The Morgan fingerprint density at radius 1 is 0.907 bits per heavy atom. The summed E-state index contributed by atoms with van der Waals surface area (Å²) in [4.78, 5) is 54.8. The topological polar surface area (TPSA) is 128 Å². The number of para-hydroxylation sites is 1. The van der Waals surface area contributed by atoms with Crippen LogP contribution in [0, 0.1) is 5.92 Å². The number of nitrogens with zero attached hydrogens (tertiary/aromatic N) is 3. The van der Waals surface area contributed by atoms with E-state index in [1.54, 1.807) is 98.8 Å². The number of hydrogen-bond donors (Lipinski definition) is 2. The molecule has 3 amide bonds. The highest BCUT2D eigenvalue weighted by molar-refractivity contribution is 5.99. The molecule has 224 valence electrons. The maximum atomic E-state index is 14.5. The summed E-state index contributed by atoms with van der Waals surface area (Å²) in [5.41, 5.74) is 1.32. The first-order valence-electron chi connectivity index (χ1n) is 13.9. The fraction of sp³-hybridized carbons (Fsp3) is 0.273. The van der Waals surface area contributed by atoms with Crippen molar-refractivity contribution >= 4 is 29.4 Å². The zero-order chi connectivity index (χ0) is 31.1. The number of amides is 3. The molecule has 0 bridgehead atoms. The molecule has 0 spiro atoms. The molecular formula is C33H35N3O7. The van der Waals surface area contributed by atoms with Gasteiger partial charge in [0.25, 0.3) is 11.8 Å². The zero-order valence-electron chi connectivity index (χ0n) is 24.2. The normalized spacial score (nSPS) is 16.3. The van der Waals surface area contributed by atoms with Gasteiger partial charge in [0.05, 0.1) is 11.7 Å². The van der Waals surface area contributed by atoms with Crippen molar-refractivity contribution in [3.8, 4) is 5.75 Å². The van der Waals surface area contributed by atoms with E-state index in [-0.39, 0.29) is 18.7 Å². The Bertz CT molecular complexity index is 1460. The molecule has 2 N–H and O–H groups in total. The predicted molar refractivity (Wildman–Crippen MR) is 159 cm³/mol. The molecule has 3 aromatic rings. The molecule has 3 atom stereocenters. The summed E-state index contributed by atoms with van der Waals surface area (Å²) >= 11 is 0. The van der Waals surface area contributed by atoms with Crippen LogP contribution in [0.15, 0.2) is 97.2 Å². The molecular weight excluding hydrogens is 550 g/mol. The van der Waals surface area contributed by atoms with Gasteiger partial charge in [-0.25, -0.2) is 14.8 Å². The van der Waals surface area contributed by atoms with E-state index in [4.69, 9.17) is 4.74 Å². The van der Waals surface area contributed by atoms with E-state index in [1.807, 2.05) is 6.07 Å². The number of aliphatic hydroxyl groups is 1. The Morgan fingerprint density at radius 3 is 2.00 bits per heavy atom. The van der Waals surface area contributed by atoms with E-state index in [0.717, 1.165) is 10.0 Å². The van der Waals surface area contributed by atoms with Gasteiger partial charge in [0.2, 0.25) is 5.91 Å². The molecule has 43 heavy (non-hydrogen) atoms. The lowest BCUT2D eigenvalue weighted by atomic mass is 9.96. The van der Waals surface area contributed by atoms with Crippen LogP contribution in [0.2, 0.25) is 0 Å². The molecule has 0 fully saturated rings. The largest absolute Gasteiger partial charge is 0.484 e. The van der Waals surface area contributed by atoms with Crippen LogP contribution < -0.4 is 4.74 Å². The number of rotatable bonds is 11. The number of carbonyl (C=O) groups excluding carboxylic acids is 3. The summed E-state index contributed by atoms with van der Waals surface area (Å²) in [6.07, 6.45) is -0.592. The number of aliphatic carboxylic acids is 1. The highest BCUT2D eigenvalue weighted by atomic mass is 16.5. The number of aliphatic hydroxyl groups excluding tert-OH is 1. The van der Waals surface area contributed by atoms with Crippen molar-refractivity contribution in [1.29, 1.82) is 0 Å². The molecule has 0 aliphatic carbocycles. The average molecular weight is 586 g/mol. The number of benzene rings is 3. The number of hydrogen-bond acceptors (Lipinski definition) is 6. The van der Waals surface area contributed by atoms with E-state index >= 15 is 0 Å². The molecule has 1 heterocycles. The van der Waals surface area contributed by atoms with Gasteiger partial charge in [-0.15, -0.1) is 0 Å². The van der Waals surface area contributed by atoms with Crippen LogP contribution in [0.25, 0.3) is 5.70 Å². The first kappa shape index (κ1) is 31.0. The van der Waals surface area contributed by atoms with Crippen LogP contribution in [0.1, 0.15) is 31.9 Å². The van der Waals surface area contributed by atoms with Crippen LogP contribution in [-0.2, 0) is 25.6 Å². The molecule has 1 aliphatic rings. The quantitative estimate of drug-likeness (QED) is 0.352. The molecule has 3 aromatic carbocycles. The van der Waals surface area contributed by atoms with Crippen molar-refractivity contribution in [2.75, 3.05) is 6.61 Å². The smallest absolute Gasteiger partial charge is 0.334 e. The molecule has 0 aromatic heterocycles.